The molecule has 1 aromatic heterocycles. The first-order chi connectivity index (χ1) is 16.8. The van der Waals surface area contributed by atoms with Crippen LogP contribution < -0.4 is 16.0 Å². The van der Waals surface area contributed by atoms with Crippen LogP contribution in [0.1, 0.15) is 62.1 Å². The van der Waals surface area contributed by atoms with Crippen LogP contribution in [0.25, 0.3) is 0 Å². The van der Waals surface area contributed by atoms with Crippen molar-refractivity contribution >= 4 is 35.0 Å². The van der Waals surface area contributed by atoms with Gasteiger partial charge in [-0.1, -0.05) is 31.2 Å². The Hall–Kier alpha value is -3.31. The van der Waals surface area contributed by atoms with Crippen LogP contribution in [0.3, 0.4) is 0 Å². The number of carbonyl (C=O) groups excluding carboxylic acids is 4. The van der Waals surface area contributed by atoms with Crippen LogP contribution in [0, 0.1) is 12.8 Å². The van der Waals surface area contributed by atoms with Crippen LogP contribution in [0.4, 0.5) is 0 Å². The van der Waals surface area contributed by atoms with Crippen molar-refractivity contribution in [1.29, 1.82) is 0 Å². The number of hydrazine groups is 1. The summed E-state index contributed by atoms with van der Waals surface area (Å²) in [6.45, 7) is 5.71. The van der Waals surface area contributed by atoms with Crippen LogP contribution >= 0.6 is 11.3 Å². The zero-order chi connectivity index (χ0) is 25.1. The first kappa shape index (κ1) is 24.8. The van der Waals surface area contributed by atoms with Gasteiger partial charge in [0.15, 0.2) is 5.01 Å². The number of rotatable bonds is 7. The standard InChI is InChI=1S/C24H30N6O4S/c1-4-15(12-26-21(32)19-14(2)27-23(35-19)22(33)25-3)20(31)28-18-17-9-6-5-8-16(17)13-29-10-7-11-30(29)24(18)34/h5-6,8-9,15,18H,4,7,10-13H2,1-3H3,(H,25,33)(H,26,32)(H,28,31)/t15-,18+/m1/s1. The van der Waals surface area contributed by atoms with E-state index in [9.17, 15) is 19.2 Å². The molecule has 186 valence electrons. The Kier molecular flexibility index (Phi) is 7.46. The molecule has 4 amide bonds. The molecule has 2 aromatic rings. The summed E-state index contributed by atoms with van der Waals surface area (Å²) in [7, 11) is 1.50. The third kappa shape index (κ3) is 5.06. The van der Waals surface area contributed by atoms with E-state index in [1.165, 1.54) is 7.05 Å². The number of benzene rings is 1. The Morgan fingerprint density at radius 3 is 2.71 bits per heavy atom. The number of carbonyl (C=O) groups is 4. The first-order valence-electron chi connectivity index (χ1n) is 11.8. The molecule has 0 aliphatic carbocycles. The van der Waals surface area contributed by atoms with Crippen LogP contribution in [0.5, 0.6) is 0 Å². The number of aromatic nitrogens is 1. The van der Waals surface area contributed by atoms with Crippen LogP contribution in [0.2, 0.25) is 0 Å². The zero-order valence-corrected chi connectivity index (χ0v) is 20.9. The lowest BCUT2D eigenvalue weighted by molar-refractivity contribution is -0.148. The molecule has 11 heteroatoms. The number of nitrogens with one attached hydrogen (secondary N) is 3. The molecule has 2 atom stereocenters. The van der Waals surface area contributed by atoms with Crippen molar-refractivity contribution in [3.8, 4) is 0 Å². The fourth-order valence-electron chi connectivity index (χ4n) is 4.45. The van der Waals surface area contributed by atoms with Crippen LogP contribution in [0.15, 0.2) is 24.3 Å². The molecule has 2 aliphatic rings. The van der Waals surface area contributed by atoms with Gasteiger partial charge in [-0.2, -0.15) is 0 Å². The molecule has 2 aliphatic heterocycles. The Morgan fingerprint density at radius 2 is 1.97 bits per heavy atom. The van der Waals surface area contributed by atoms with Gasteiger partial charge in [0.25, 0.3) is 17.7 Å². The number of thiazole rings is 1. The molecule has 0 spiro atoms. The fraction of sp³-hybridized carbons (Fsp3) is 0.458. The minimum Gasteiger partial charge on any atom is -0.353 e. The summed E-state index contributed by atoms with van der Waals surface area (Å²) in [4.78, 5) is 55.6. The van der Waals surface area contributed by atoms with E-state index in [2.05, 4.69) is 20.9 Å². The van der Waals surface area contributed by atoms with Crippen molar-refractivity contribution in [2.45, 2.75) is 39.3 Å². The molecule has 1 saturated heterocycles. The molecular weight excluding hydrogens is 468 g/mol. The van der Waals surface area contributed by atoms with Gasteiger partial charge in [0.1, 0.15) is 10.9 Å². The van der Waals surface area contributed by atoms with Gasteiger partial charge in [-0.3, -0.25) is 24.2 Å². The van der Waals surface area contributed by atoms with E-state index >= 15 is 0 Å². The number of fused-ring (bicyclic) bond motifs is 2. The molecule has 0 bridgehead atoms. The molecule has 3 heterocycles. The average Bonchev–Trinajstić information content (AvgIpc) is 3.46. The highest BCUT2D eigenvalue weighted by atomic mass is 32.1. The van der Waals surface area contributed by atoms with Crippen molar-refractivity contribution in [3.05, 3.63) is 51.0 Å². The van der Waals surface area contributed by atoms with Gasteiger partial charge in [0.05, 0.1) is 11.6 Å². The van der Waals surface area contributed by atoms with E-state index in [0.717, 1.165) is 35.4 Å². The van der Waals surface area contributed by atoms with Crippen LogP contribution in [-0.4, -0.2) is 65.3 Å². The number of hydrogen-bond donors (Lipinski definition) is 3. The van der Waals surface area contributed by atoms with Crippen molar-refractivity contribution in [3.63, 3.8) is 0 Å². The summed E-state index contributed by atoms with van der Waals surface area (Å²) in [5.41, 5.74) is 2.28. The maximum absolute atomic E-state index is 13.4. The number of nitrogens with zero attached hydrogens (tertiary/aromatic N) is 3. The molecule has 10 nitrogen and oxygen atoms in total. The third-order valence-electron chi connectivity index (χ3n) is 6.43. The largest absolute Gasteiger partial charge is 0.353 e. The average molecular weight is 499 g/mol. The third-order valence-corrected chi connectivity index (χ3v) is 7.59. The van der Waals surface area contributed by atoms with Gasteiger partial charge in [-0.15, -0.1) is 11.3 Å². The van der Waals surface area contributed by atoms with Crippen molar-refractivity contribution < 1.29 is 19.2 Å². The molecule has 35 heavy (non-hydrogen) atoms. The van der Waals surface area contributed by atoms with Gasteiger partial charge in [-0.25, -0.2) is 9.99 Å². The molecule has 4 rings (SSSR count). The van der Waals surface area contributed by atoms with E-state index in [0.29, 0.717) is 30.1 Å². The summed E-state index contributed by atoms with van der Waals surface area (Å²) >= 11 is 1.01. The second-order valence-corrected chi connectivity index (χ2v) is 9.67. The Labute approximate surface area is 208 Å². The highest BCUT2D eigenvalue weighted by Gasteiger charge is 2.38. The predicted octanol–water partition coefficient (Wildman–Crippen LogP) is 1.39. The van der Waals surface area contributed by atoms with E-state index in [1.807, 2.05) is 36.2 Å². The predicted molar refractivity (Wildman–Crippen MR) is 130 cm³/mol. The summed E-state index contributed by atoms with van der Waals surface area (Å²) < 4.78 is 0. The number of amides is 4. The fourth-order valence-corrected chi connectivity index (χ4v) is 5.38. The van der Waals surface area contributed by atoms with Crippen molar-refractivity contribution in [1.82, 2.24) is 31.0 Å². The molecule has 0 saturated carbocycles. The lowest BCUT2D eigenvalue weighted by Gasteiger charge is -2.28. The van der Waals surface area contributed by atoms with Crippen LogP contribution in [-0.2, 0) is 16.1 Å². The highest BCUT2D eigenvalue weighted by molar-refractivity contribution is 7.15. The monoisotopic (exact) mass is 498 g/mol. The van der Waals surface area contributed by atoms with Gasteiger partial charge < -0.3 is 16.0 Å². The molecular formula is C24H30N6O4S. The lowest BCUT2D eigenvalue weighted by Crippen LogP contribution is -2.47. The SMILES string of the molecule is CC[C@H](CNC(=O)c1sc(C(=O)NC)nc1C)C(=O)N[C@@H]1C(=O)N2CCCN2Cc2ccccc21. The Balaban J connectivity index is 1.45. The normalized spacial score (nSPS) is 18.3. The zero-order valence-electron chi connectivity index (χ0n) is 20.1. The second-order valence-electron chi connectivity index (χ2n) is 8.67. The van der Waals surface area contributed by atoms with Gasteiger partial charge in [0.2, 0.25) is 5.91 Å². The quantitative estimate of drug-likeness (QED) is 0.530. The van der Waals surface area contributed by atoms with E-state index in [-0.39, 0.29) is 35.2 Å². The van der Waals surface area contributed by atoms with E-state index < -0.39 is 12.0 Å². The minimum atomic E-state index is -0.773. The summed E-state index contributed by atoms with van der Waals surface area (Å²) in [6, 6.07) is 6.92. The first-order valence-corrected chi connectivity index (χ1v) is 12.6. The van der Waals surface area contributed by atoms with Gasteiger partial charge in [0, 0.05) is 33.2 Å². The number of hydrogen-bond acceptors (Lipinski definition) is 7. The minimum absolute atomic E-state index is 0.103. The van der Waals surface area contributed by atoms with Crippen molar-refractivity contribution in [2.75, 3.05) is 26.7 Å². The van der Waals surface area contributed by atoms with Gasteiger partial charge >= 0.3 is 0 Å². The second kappa shape index (κ2) is 10.5. The Bertz CT molecular complexity index is 1150. The molecule has 0 radical (unpaired) electrons. The summed E-state index contributed by atoms with van der Waals surface area (Å²) in [5, 5.41) is 12.2. The maximum atomic E-state index is 13.4. The Morgan fingerprint density at radius 1 is 1.20 bits per heavy atom. The highest BCUT2D eigenvalue weighted by Crippen LogP contribution is 2.30. The lowest BCUT2D eigenvalue weighted by atomic mass is 9.98. The topological polar surface area (TPSA) is 124 Å². The van der Waals surface area contributed by atoms with Crippen molar-refractivity contribution in [2.24, 2.45) is 5.92 Å². The summed E-state index contributed by atoms with van der Waals surface area (Å²) in [6.07, 6.45) is 1.38. The number of aryl methyl sites for hydroxylation is 1. The summed E-state index contributed by atoms with van der Waals surface area (Å²) in [5.74, 6) is -1.69. The molecule has 1 fully saturated rings. The molecule has 3 N–H and O–H groups in total. The molecule has 0 unspecified atom stereocenters. The maximum Gasteiger partial charge on any atom is 0.280 e. The molecule has 1 aromatic carbocycles. The van der Waals surface area contributed by atoms with E-state index in [1.54, 1.807) is 11.9 Å². The smallest absolute Gasteiger partial charge is 0.280 e. The van der Waals surface area contributed by atoms with E-state index in [4.69, 9.17) is 0 Å². The van der Waals surface area contributed by atoms with Gasteiger partial charge in [-0.05, 0) is 30.9 Å².